The van der Waals surface area contributed by atoms with Gasteiger partial charge >= 0.3 is 0 Å². The summed E-state index contributed by atoms with van der Waals surface area (Å²) in [4.78, 5) is 29.6. The lowest BCUT2D eigenvalue weighted by atomic mass is 10.1. The summed E-state index contributed by atoms with van der Waals surface area (Å²) >= 11 is 0. The summed E-state index contributed by atoms with van der Waals surface area (Å²) in [6.07, 6.45) is 3.57. The topological polar surface area (TPSA) is 65.2 Å². The van der Waals surface area contributed by atoms with E-state index in [2.05, 4.69) is 15.2 Å². The first-order valence-electron chi connectivity index (χ1n) is 7.88. The molecule has 5 heteroatoms. The zero-order chi connectivity index (χ0) is 15.1. The number of carbonyl (C=O) groups excluding carboxylic acids is 1. The number of benzene rings is 1. The summed E-state index contributed by atoms with van der Waals surface area (Å²) in [5.41, 5.74) is 0.922. The highest BCUT2D eigenvalue weighted by molar-refractivity contribution is 6.06. The number of amides is 1. The van der Waals surface area contributed by atoms with E-state index >= 15 is 0 Å². The first-order chi connectivity index (χ1) is 10.7. The van der Waals surface area contributed by atoms with Crippen molar-refractivity contribution in [1.29, 1.82) is 0 Å². The van der Waals surface area contributed by atoms with Crippen LogP contribution in [0.5, 0.6) is 0 Å². The largest absolute Gasteiger partial charge is 0.348 e. The van der Waals surface area contributed by atoms with Gasteiger partial charge in [0.25, 0.3) is 5.91 Å². The van der Waals surface area contributed by atoms with E-state index in [0.717, 1.165) is 30.9 Å². The van der Waals surface area contributed by atoms with Crippen molar-refractivity contribution in [2.45, 2.75) is 31.3 Å². The van der Waals surface area contributed by atoms with Crippen LogP contribution >= 0.6 is 0 Å². The fourth-order valence-electron chi connectivity index (χ4n) is 3.33. The Hall–Kier alpha value is -2.14. The molecule has 1 saturated carbocycles. The van der Waals surface area contributed by atoms with Crippen LogP contribution in [0.25, 0.3) is 10.9 Å². The molecule has 2 heterocycles. The Morgan fingerprint density at radius 2 is 2.05 bits per heavy atom. The molecule has 1 aliphatic heterocycles. The molecule has 22 heavy (non-hydrogen) atoms. The summed E-state index contributed by atoms with van der Waals surface area (Å²) in [6.45, 7) is 1.99. The fourth-order valence-corrected chi connectivity index (χ4v) is 3.33. The zero-order valence-electron chi connectivity index (χ0n) is 12.3. The lowest BCUT2D eigenvalue weighted by molar-refractivity contribution is 0.0939. The Labute approximate surface area is 128 Å². The van der Waals surface area contributed by atoms with Gasteiger partial charge in [0.2, 0.25) is 5.56 Å². The molecule has 5 nitrogen and oxygen atoms in total. The van der Waals surface area contributed by atoms with Crippen molar-refractivity contribution in [2.75, 3.05) is 13.1 Å². The number of H-pyrrole nitrogens is 1. The second kappa shape index (κ2) is 5.25. The number of aromatic nitrogens is 1. The van der Waals surface area contributed by atoms with E-state index < -0.39 is 0 Å². The van der Waals surface area contributed by atoms with Gasteiger partial charge in [-0.3, -0.25) is 14.5 Å². The number of nitrogens with one attached hydrogen (secondary N) is 2. The molecular formula is C17H19N3O2. The molecular weight excluding hydrogens is 278 g/mol. The lowest BCUT2D eigenvalue weighted by Crippen LogP contribution is -2.38. The maximum absolute atomic E-state index is 12.6. The van der Waals surface area contributed by atoms with Crippen molar-refractivity contribution < 1.29 is 4.79 Å². The van der Waals surface area contributed by atoms with Crippen molar-refractivity contribution in [3.63, 3.8) is 0 Å². The van der Waals surface area contributed by atoms with Gasteiger partial charge in [-0.2, -0.15) is 0 Å². The second-order valence-electron chi connectivity index (χ2n) is 6.28. The van der Waals surface area contributed by atoms with E-state index in [1.807, 2.05) is 24.3 Å². The molecule has 1 aromatic heterocycles. The predicted octanol–water partition coefficient (Wildman–Crippen LogP) is 1.49. The number of likely N-dealkylation sites (tertiary alicyclic amines) is 1. The molecule has 2 N–H and O–H groups in total. The van der Waals surface area contributed by atoms with E-state index in [-0.39, 0.29) is 17.5 Å². The average molecular weight is 297 g/mol. The fraction of sp³-hybridized carbons (Fsp3) is 0.412. The second-order valence-corrected chi connectivity index (χ2v) is 6.28. The molecule has 1 amide bonds. The summed E-state index contributed by atoms with van der Waals surface area (Å²) in [6, 6.07) is 9.73. The highest BCUT2D eigenvalue weighted by Gasteiger charge is 2.34. The maximum atomic E-state index is 12.6. The van der Waals surface area contributed by atoms with Crippen molar-refractivity contribution >= 4 is 16.8 Å². The van der Waals surface area contributed by atoms with Gasteiger partial charge < -0.3 is 10.3 Å². The lowest BCUT2D eigenvalue weighted by Gasteiger charge is -2.16. The van der Waals surface area contributed by atoms with Crippen LogP contribution < -0.4 is 10.9 Å². The number of hydrogen-bond donors (Lipinski definition) is 2. The van der Waals surface area contributed by atoms with Crippen LogP contribution in [0, 0.1) is 0 Å². The first-order valence-corrected chi connectivity index (χ1v) is 7.88. The molecule has 2 aromatic rings. The highest BCUT2D eigenvalue weighted by atomic mass is 16.2. The van der Waals surface area contributed by atoms with Crippen LogP contribution in [-0.2, 0) is 0 Å². The molecule has 0 unspecified atom stereocenters. The summed E-state index contributed by atoms with van der Waals surface area (Å²) in [5.74, 6) is -0.148. The van der Waals surface area contributed by atoms with E-state index in [0.29, 0.717) is 11.1 Å². The minimum atomic E-state index is -0.241. The molecule has 0 spiro atoms. The number of aromatic amines is 1. The number of para-hydroxylation sites is 1. The maximum Gasteiger partial charge on any atom is 0.252 e. The zero-order valence-corrected chi connectivity index (χ0v) is 12.3. The number of pyridine rings is 1. The molecule has 0 radical (unpaired) electrons. The predicted molar refractivity (Wildman–Crippen MR) is 85.0 cm³/mol. The van der Waals surface area contributed by atoms with Crippen LogP contribution in [0.15, 0.2) is 35.1 Å². The molecule has 2 fully saturated rings. The van der Waals surface area contributed by atoms with E-state index in [1.165, 1.54) is 18.9 Å². The number of nitrogens with zero attached hydrogens (tertiary/aromatic N) is 1. The third-order valence-electron chi connectivity index (χ3n) is 4.61. The molecule has 4 rings (SSSR count). The Morgan fingerprint density at radius 1 is 1.23 bits per heavy atom. The normalized spacial score (nSPS) is 22.1. The Morgan fingerprint density at radius 3 is 2.86 bits per heavy atom. The number of hydrogen-bond acceptors (Lipinski definition) is 3. The molecule has 1 saturated heterocycles. The van der Waals surface area contributed by atoms with Crippen LogP contribution in [-0.4, -0.2) is 41.0 Å². The third-order valence-corrected chi connectivity index (χ3v) is 4.61. The van der Waals surface area contributed by atoms with Gasteiger partial charge in [0.05, 0.1) is 5.56 Å². The van der Waals surface area contributed by atoms with Gasteiger partial charge in [0.1, 0.15) is 0 Å². The number of carbonyl (C=O) groups is 1. The van der Waals surface area contributed by atoms with Gasteiger partial charge in [0, 0.05) is 42.1 Å². The van der Waals surface area contributed by atoms with Gasteiger partial charge in [-0.15, -0.1) is 0 Å². The molecule has 1 aromatic carbocycles. The first kappa shape index (κ1) is 13.5. The summed E-state index contributed by atoms with van der Waals surface area (Å²) in [7, 11) is 0. The highest BCUT2D eigenvalue weighted by Crippen LogP contribution is 2.29. The Kier molecular flexibility index (Phi) is 3.22. The SMILES string of the molecule is O=C(N[C@H]1CCN(C2CC2)C1)c1cc(=O)[nH]c2ccccc12. The van der Waals surface area contributed by atoms with Crippen LogP contribution in [0.1, 0.15) is 29.6 Å². The summed E-state index contributed by atoms with van der Waals surface area (Å²) < 4.78 is 0. The average Bonchev–Trinajstić information content (AvgIpc) is 3.26. The standard InChI is InChI=1S/C17H19N3O2/c21-16-9-14(13-3-1-2-4-15(13)19-16)17(22)18-11-7-8-20(10-11)12-5-6-12/h1-4,9,11-12H,5-8,10H2,(H,18,22)(H,19,21)/t11-/m0/s1. The molecule has 114 valence electrons. The van der Waals surface area contributed by atoms with Gasteiger partial charge in [-0.1, -0.05) is 18.2 Å². The van der Waals surface area contributed by atoms with Gasteiger partial charge in [0.15, 0.2) is 0 Å². The Bertz CT molecular complexity index is 779. The quantitative estimate of drug-likeness (QED) is 0.902. The molecule has 1 aliphatic carbocycles. The number of fused-ring (bicyclic) bond motifs is 1. The van der Waals surface area contributed by atoms with Crippen LogP contribution in [0.4, 0.5) is 0 Å². The van der Waals surface area contributed by atoms with E-state index in [1.54, 1.807) is 0 Å². The smallest absolute Gasteiger partial charge is 0.252 e. The monoisotopic (exact) mass is 297 g/mol. The van der Waals surface area contributed by atoms with Crippen molar-refractivity contribution in [2.24, 2.45) is 0 Å². The van der Waals surface area contributed by atoms with Gasteiger partial charge in [-0.25, -0.2) is 0 Å². The van der Waals surface area contributed by atoms with Crippen LogP contribution in [0.2, 0.25) is 0 Å². The van der Waals surface area contributed by atoms with Gasteiger partial charge in [-0.05, 0) is 25.3 Å². The van der Waals surface area contributed by atoms with Crippen molar-refractivity contribution in [3.05, 3.63) is 46.2 Å². The van der Waals surface area contributed by atoms with E-state index in [9.17, 15) is 9.59 Å². The van der Waals surface area contributed by atoms with Crippen LogP contribution in [0.3, 0.4) is 0 Å². The Balaban J connectivity index is 1.56. The van der Waals surface area contributed by atoms with Crippen molar-refractivity contribution in [1.82, 2.24) is 15.2 Å². The molecule has 1 atom stereocenters. The third kappa shape index (κ3) is 2.52. The number of rotatable bonds is 3. The molecule has 0 bridgehead atoms. The van der Waals surface area contributed by atoms with E-state index in [4.69, 9.17) is 0 Å². The minimum absolute atomic E-state index is 0.148. The van der Waals surface area contributed by atoms with Crippen molar-refractivity contribution in [3.8, 4) is 0 Å². The molecule has 2 aliphatic rings. The summed E-state index contributed by atoms with van der Waals surface area (Å²) in [5, 5.41) is 3.88. The minimum Gasteiger partial charge on any atom is -0.348 e.